The molecule has 1 fully saturated rings. The van der Waals surface area contributed by atoms with Crippen LogP contribution in [0.25, 0.3) is 0 Å². The number of fused-ring (bicyclic) bond motifs is 3. The quantitative estimate of drug-likeness (QED) is 0.478. The molecule has 0 aromatic heterocycles. The Balaban J connectivity index is 1.55. The van der Waals surface area contributed by atoms with Crippen LogP contribution < -0.4 is 18.9 Å². The summed E-state index contributed by atoms with van der Waals surface area (Å²) < 4.78 is 27.9. The normalized spacial score (nSPS) is 23.6. The van der Waals surface area contributed by atoms with Gasteiger partial charge in [0.05, 0.1) is 26.7 Å². The Labute approximate surface area is 211 Å². The van der Waals surface area contributed by atoms with Crippen LogP contribution in [0.4, 0.5) is 0 Å². The van der Waals surface area contributed by atoms with Crippen LogP contribution in [-0.4, -0.2) is 43.8 Å². The van der Waals surface area contributed by atoms with Crippen LogP contribution in [0.2, 0.25) is 0 Å². The number of hydrogen-bond donors (Lipinski definition) is 2. The van der Waals surface area contributed by atoms with Crippen molar-refractivity contribution in [2.45, 2.75) is 16.1 Å². The fraction of sp³-hybridized carbons (Fsp3) is 0.296. The molecule has 3 aliphatic rings. The molecule has 6 rings (SSSR count). The summed E-state index contributed by atoms with van der Waals surface area (Å²) in [5, 5.41) is 20.1. The minimum atomic E-state index is -0.466. The zero-order valence-electron chi connectivity index (χ0n) is 19.6. The first-order valence-corrected chi connectivity index (χ1v) is 12.4. The van der Waals surface area contributed by atoms with E-state index in [1.807, 2.05) is 24.3 Å². The molecule has 0 saturated carbocycles. The van der Waals surface area contributed by atoms with Gasteiger partial charge < -0.3 is 33.9 Å². The highest BCUT2D eigenvalue weighted by Gasteiger charge is 2.53. The zero-order chi connectivity index (χ0) is 25.0. The monoisotopic (exact) mass is 508 g/mol. The molecular weight excluding hydrogens is 484 g/mol. The third-order valence-electron chi connectivity index (χ3n) is 7.08. The van der Waals surface area contributed by atoms with E-state index in [1.54, 1.807) is 36.0 Å². The Morgan fingerprint density at radius 3 is 2.17 bits per heavy atom. The van der Waals surface area contributed by atoms with E-state index in [0.29, 0.717) is 11.5 Å². The van der Waals surface area contributed by atoms with Gasteiger partial charge in [-0.2, -0.15) is 0 Å². The summed E-state index contributed by atoms with van der Waals surface area (Å²) >= 11 is 1.63. The predicted molar refractivity (Wildman–Crippen MR) is 130 cm³/mol. The van der Waals surface area contributed by atoms with Gasteiger partial charge in [-0.3, -0.25) is 4.79 Å². The summed E-state index contributed by atoms with van der Waals surface area (Å²) in [5.41, 5.74) is 2.71. The molecule has 0 radical (unpaired) electrons. The number of carbonyl (C=O) groups is 1. The second kappa shape index (κ2) is 8.74. The highest BCUT2D eigenvalue weighted by molar-refractivity contribution is 7.99. The summed E-state index contributed by atoms with van der Waals surface area (Å²) in [7, 11) is 2.95. The number of ether oxygens (including phenoxy) is 5. The topological polar surface area (TPSA) is 104 Å². The van der Waals surface area contributed by atoms with Crippen LogP contribution in [0.5, 0.6) is 34.5 Å². The second-order valence-electron chi connectivity index (χ2n) is 8.94. The third-order valence-corrected chi connectivity index (χ3v) is 8.48. The molecule has 36 heavy (non-hydrogen) atoms. The number of methoxy groups -OCH3 is 2. The molecule has 0 bridgehead atoms. The molecule has 0 spiro atoms. The maximum atomic E-state index is 13.2. The Morgan fingerprint density at radius 2 is 1.53 bits per heavy atom. The molecule has 0 unspecified atom stereocenters. The molecule has 3 aromatic rings. The van der Waals surface area contributed by atoms with Gasteiger partial charge in [0, 0.05) is 22.0 Å². The largest absolute Gasteiger partial charge is 0.508 e. The van der Waals surface area contributed by atoms with E-state index in [2.05, 4.69) is 0 Å². The fourth-order valence-electron chi connectivity index (χ4n) is 5.43. The van der Waals surface area contributed by atoms with Gasteiger partial charge in [0.1, 0.15) is 5.75 Å². The maximum Gasteiger partial charge on any atom is 0.310 e. The van der Waals surface area contributed by atoms with Gasteiger partial charge in [-0.25, -0.2) is 0 Å². The van der Waals surface area contributed by atoms with Crippen molar-refractivity contribution in [3.8, 4) is 34.5 Å². The first-order chi connectivity index (χ1) is 17.5. The second-order valence-corrected chi connectivity index (χ2v) is 10.2. The van der Waals surface area contributed by atoms with Crippen LogP contribution >= 0.6 is 11.8 Å². The average molecular weight is 509 g/mol. The molecular formula is C27H24O8S. The molecule has 1 saturated heterocycles. The van der Waals surface area contributed by atoms with Crippen molar-refractivity contribution in [2.24, 2.45) is 11.8 Å². The van der Waals surface area contributed by atoms with Crippen molar-refractivity contribution in [1.82, 2.24) is 0 Å². The number of rotatable bonds is 5. The van der Waals surface area contributed by atoms with E-state index in [1.165, 1.54) is 14.2 Å². The van der Waals surface area contributed by atoms with E-state index in [0.717, 1.165) is 21.6 Å². The number of esters is 1. The molecule has 4 atom stereocenters. The lowest BCUT2D eigenvalue weighted by Crippen LogP contribution is -2.33. The molecule has 3 aromatic carbocycles. The van der Waals surface area contributed by atoms with Crippen molar-refractivity contribution >= 4 is 17.7 Å². The zero-order valence-corrected chi connectivity index (χ0v) is 20.4. The summed E-state index contributed by atoms with van der Waals surface area (Å²) in [6.07, 6.45) is 0. The van der Waals surface area contributed by atoms with E-state index in [-0.39, 0.29) is 59.5 Å². The summed E-state index contributed by atoms with van der Waals surface area (Å²) in [4.78, 5) is 14.2. The first kappa shape index (κ1) is 22.7. The molecule has 1 aliphatic carbocycles. The van der Waals surface area contributed by atoms with Gasteiger partial charge in [-0.15, -0.1) is 11.8 Å². The molecule has 2 N–H and O–H groups in total. The lowest BCUT2D eigenvalue weighted by atomic mass is 9.67. The van der Waals surface area contributed by atoms with Crippen LogP contribution in [0, 0.1) is 11.8 Å². The molecule has 8 nitrogen and oxygen atoms in total. The van der Waals surface area contributed by atoms with E-state index in [9.17, 15) is 15.0 Å². The van der Waals surface area contributed by atoms with Gasteiger partial charge in [-0.05, 0) is 65.2 Å². The number of thioether (sulfide) groups is 1. The minimum absolute atomic E-state index is 0.100. The molecule has 2 aliphatic heterocycles. The lowest BCUT2D eigenvalue weighted by Gasteiger charge is -2.39. The Morgan fingerprint density at radius 1 is 0.889 bits per heavy atom. The van der Waals surface area contributed by atoms with Crippen LogP contribution in [0.1, 0.15) is 27.9 Å². The van der Waals surface area contributed by atoms with Crippen molar-refractivity contribution in [3.63, 3.8) is 0 Å². The number of cyclic esters (lactones) is 1. The number of phenols is 2. The predicted octanol–water partition coefficient (Wildman–Crippen LogP) is 4.61. The third kappa shape index (κ3) is 3.57. The molecule has 186 valence electrons. The number of aromatic hydroxyl groups is 2. The van der Waals surface area contributed by atoms with E-state index < -0.39 is 5.92 Å². The van der Waals surface area contributed by atoms with Crippen LogP contribution in [0.15, 0.2) is 53.4 Å². The van der Waals surface area contributed by atoms with Gasteiger partial charge in [0.25, 0.3) is 0 Å². The Hall–Kier alpha value is -3.72. The van der Waals surface area contributed by atoms with Crippen molar-refractivity contribution in [3.05, 3.63) is 65.2 Å². The number of carbonyl (C=O) groups excluding carboxylic acids is 1. The first-order valence-electron chi connectivity index (χ1n) is 11.5. The highest BCUT2D eigenvalue weighted by atomic mass is 32.2. The van der Waals surface area contributed by atoms with Crippen LogP contribution in [-0.2, 0) is 9.53 Å². The number of benzene rings is 3. The summed E-state index contributed by atoms with van der Waals surface area (Å²) in [6, 6.07) is 14.5. The average Bonchev–Trinajstić information content (AvgIpc) is 3.51. The minimum Gasteiger partial charge on any atom is -0.508 e. The van der Waals surface area contributed by atoms with Crippen molar-refractivity contribution in [1.29, 1.82) is 0 Å². The Bertz CT molecular complexity index is 1310. The highest BCUT2D eigenvalue weighted by Crippen LogP contribution is 2.59. The smallest absolute Gasteiger partial charge is 0.310 e. The lowest BCUT2D eigenvalue weighted by molar-refractivity contribution is -0.141. The van der Waals surface area contributed by atoms with Gasteiger partial charge in [0.15, 0.2) is 23.0 Å². The van der Waals surface area contributed by atoms with Crippen molar-refractivity contribution < 1.29 is 38.7 Å². The number of hydrogen-bond acceptors (Lipinski definition) is 9. The molecule has 0 amide bonds. The van der Waals surface area contributed by atoms with Gasteiger partial charge in [-0.1, -0.05) is 0 Å². The Kier molecular flexibility index (Phi) is 5.52. The van der Waals surface area contributed by atoms with Gasteiger partial charge >= 0.3 is 5.97 Å². The number of phenolic OH excluding ortho intramolecular Hbond substituents is 2. The van der Waals surface area contributed by atoms with Crippen molar-refractivity contribution in [2.75, 3.05) is 27.6 Å². The van der Waals surface area contributed by atoms with Gasteiger partial charge in [0.2, 0.25) is 12.5 Å². The van der Waals surface area contributed by atoms with E-state index >= 15 is 0 Å². The summed E-state index contributed by atoms with van der Waals surface area (Å²) in [5.74, 6) is 0.654. The molecule has 2 heterocycles. The van der Waals surface area contributed by atoms with E-state index in [4.69, 9.17) is 23.7 Å². The fourth-order valence-corrected chi connectivity index (χ4v) is 6.77. The SMILES string of the molecule is COc1cc([C@@H]2c3cc4c(cc3[C@@H](Sc3ccc(O)cc3)[C@H]3COC(=O)[C@H]23)OCO4)cc(OC)c1O. The maximum absolute atomic E-state index is 13.2. The van der Waals surface area contributed by atoms with Crippen LogP contribution in [0.3, 0.4) is 0 Å². The molecule has 9 heteroatoms. The summed E-state index contributed by atoms with van der Waals surface area (Å²) in [6.45, 7) is 0.421. The standard InChI is InChI=1S/C27H24O8S/c1-31-21-7-13(8-22(32-2)25(21)29)23-16-9-19-20(35-12-34-19)10-17(16)26(18-11-33-27(30)24(18)23)36-15-5-3-14(28)4-6-15/h3-10,18,23-24,26,28-29H,11-12H2,1-2H3/t18-,23+,24-,26+/m0/s1.